The Labute approximate surface area is 164 Å². The minimum atomic E-state index is -0.804. The van der Waals surface area contributed by atoms with Gasteiger partial charge in [-0.1, -0.05) is 17.3 Å². The van der Waals surface area contributed by atoms with Crippen molar-refractivity contribution in [1.82, 2.24) is 5.32 Å². The second-order valence-electron chi connectivity index (χ2n) is 8.14. The molecular weight excluding hydrogens is 366 g/mol. The molecule has 0 aliphatic heterocycles. The van der Waals surface area contributed by atoms with Crippen LogP contribution in [0.3, 0.4) is 0 Å². The molecule has 0 aliphatic rings. The molecule has 28 heavy (non-hydrogen) atoms. The summed E-state index contributed by atoms with van der Waals surface area (Å²) in [4.78, 5) is 23.7. The van der Waals surface area contributed by atoms with Gasteiger partial charge in [-0.25, -0.2) is 9.59 Å². The third-order valence-electron chi connectivity index (χ3n) is 3.12. The van der Waals surface area contributed by atoms with Crippen molar-refractivity contribution >= 4 is 18.1 Å². The molecule has 0 saturated heterocycles. The first-order valence-electron chi connectivity index (χ1n) is 8.76. The molecule has 1 aromatic rings. The average Bonchev–Trinajstić information content (AvgIpc) is 2.51. The van der Waals surface area contributed by atoms with E-state index >= 15 is 0 Å². The number of nitrogens with two attached hydrogens (primary N) is 1. The Morgan fingerprint density at radius 3 is 2.07 bits per heavy atom. The fourth-order valence-corrected chi connectivity index (χ4v) is 2.05. The van der Waals surface area contributed by atoms with Gasteiger partial charge < -0.3 is 30.5 Å². The van der Waals surface area contributed by atoms with Crippen LogP contribution < -0.4 is 15.8 Å². The Hall–Kier alpha value is -2.97. The Morgan fingerprint density at radius 2 is 1.61 bits per heavy atom. The number of rotatable bonds is 5. The first-order valence-corrected chi connectivity index (χ1v) is 8.76. The minimum Gasteiger partial charge on any atom is -0.444 e. The quantitative estimate of drug-likeness (QED) is 0.174. The monoisotopic (exact) mass is 395 g/mol. The van der Waals surface area contributed by atoms with E-state index in [2.05, 4.69) is 10.5 Å². The fourth-order valence-electron chi connectivity index (χ4n) is 2.05. The SMILES string of the molecule is CC(C)(C)OC(=O)N[C@@H](Cc1ccc(OC(=O)OC(C)(C)C)cc1)C(N)=NO. The highest BCUT2D eigenvalue weighted by Crippen LogP contribution is 2.16. The predicted molar refractivity (Wildman–Crippen MR) is 104 cm³/mol. The minimum absolute atomic E-state index is 0.167. The average molecular weight is 395 g/mol. The van der Waals surface area contributed by atoms with Crippen LogP contribution in [0.2, 0.25) is 0 Å². The first kappa shape index (κ1) is 23.1. The number of hydrogen-bond donors (Lipinski definition) is 3. The normalized spacial score (nSPS) is 13.4. The van der Waals surface area contributed by atoms with Crippen molar-refractivity contribution in [2.75, 3.05) is 0 Å². The maximum atomic E-state index is 12.0. The Balaban J connectivity index is 2.77. The van der Waals surface area contributed by atoms with E-state index in [-0.39, 0.29) is 12.3 Å². The van der Waals surface area contributed by atoms with Crippen LogP contribution in [-0.4, -0.2) is 40.5 Å². The number of nitrogens with one attached hydrogen (secondary N) is 1. The summed E-state index contributed by atoms with van der Waals surface area (Å²) in [5.41, 5.74) is 5.10. The molecule has 1 aromatic carbocycles. The van der Waals surface area contributed by atoms with Gasteiger partial charge in [0.05, 0.1) is 6.04 Å². The molecule has 0 aliphatic carbocycles. The number of oxime groups is 1. The fraction of sp³-hybridized carbons (Fsp3) is 0.526. The zero-order chi connectivity index (χ0) is 21.5. The van der Waals surface area contributed by atoms with E-state index in [1.54, 1.807) is 65.8 Å². The van der Waals surface area contributed by atoms with Gasteiger partial charge in [0.1, 0.15) is 17.0 Å². The zero-order valence-corrected chi connectivity index (χ0v) is 17.1. The van der Waals surface area contributed by atoms with Crippen molar-refractivity contribution in [3.8, 4) is 5.75 Å². The molecule has 0 saturated carbocycles. The summed E-state index contributed by atoms with van der Waals surface area (Å²) in [5.74, 6) is 0.137. The molecule has 4 N–H and O–H groups in total. The Bertz CT molecular complexity index is 702. The molecule has 1 atom stereocenters. The summed E-state index contributed by atoms with van der Waals surface area (Å²) in [7, 11) is 0. The number of alkyl carbamates (subject to hydrolysis) is 1. The summed E-state index contributed by atoms with van der Waals surface area (Å²) >= 11 is 0. The summed E-state index contributed by atoms with van der Waals surface area (Å²) < 4.78 is 15.4. The van der Waals surface area contributed by atoms with E-state index in [0.29, 0.717) is 5.75 Å². The standard InChI is InChI=1S/C19H29N3O6/c1-18(2,3)27-16(23)21-14(15(20)22-25)11-12-7-9-13(10-8-12)26-17(24)28-19(4,5)6/h7-10,14,25H,11H2,1-6H3,(H2,20,22)(H,21,23)/t14-/m0/s1. The van der Waals surface area contributed by atoms with E-state index in [1.165, 1.54) is 0 Å². The molecular formula is C19H29N3O6. The largest absolute Gasteiger partial charge is 0.514 e. The lowest BCUT2D eigenvalue weighted by Gasteiger charge is -2.23. The molecule has 1 amide bonds. The zero-order valence-electron chi connectivity index (χ0n) is 17.1. The molecule has 0 radical (unpaired) electrons. The lowest BCUT2D eigenvalue weighted by molar-refractivity contribution is 0.0205. The highest BCUT2D eigenvalue weighted by Gasteiger charge is 2.23. The highest BCUT2D eigenvalue weighted by atomic mass is 16.7. The number of hydrogen-bond acceptors (Lipinski definition) is 7. The van der Waals surface area contributed by atoms with Gasteiger partial charge >= 0.3 is 12.2 Å². The van der Waals surface area contributed by atoms with Crippen molar-refractivity contribution in [3.05, 3.63) is 29.8 Å². The van der Waals surface area contributed by atoms with Crippen LogP contribution in [-0.2, 0) is 15.9 Å². The Morgan fingerprint density at radius 1 is 1.07 bits per heavy atom. The predicted octanol–water partition coefficient (Wildman–Crippen LogP) is 3.18. The second kappa shape index (κ2) is 9.29. The lowest BCUT2D eigenvalue weighted by Crippen LogP contribution is -2.47. The number of benzene rings is 1. The van der Waals surface area contributed by atoms with Crippen molar-refractivity contribution in [1.29, 1.82) is 0 Å². The maximum absolute atomic E-state index is 12.0. The molecule has 0 unspecified atom stereocenters. The van der Waals surface area contributed by atoms with Crippen LogP contribution in [0.25, 0.3) is 0 Å². The van der Waals surface area contributed by atoms with Gasteiger partial charge in [0, 0.05) is 6.42 Å². The van der Waals surface area contributed by atoms with Gasteiger partial charge in [-0.15, -0.1) is 0 Å². The summed E-state index contributed by atoms with van der Waals surface area (Å²) in [6.45, 7) is 10.4. The third kappa shape index (κ3) is 9.11. The molecule has 0 heterocycles. The molecule has 0 fully saturated rings. The van der Waals surface area contributed by atoms with Crippen molar-refractivity contribution < 1.29 is 29.0 Å². The number of amides is 1. The summed E-state index contributed by atoms with van der Waals surface area (Å²) in [6, 6.07) is 5.76. The van der Waals surface area contributed by atoms with Gasteiger partial charge in [0.2, 0.25) is 0 Å². The van der Waals surface area contributed by atoms with E-state index in [9.17, 15) is 9.59 Å². The van der Waals surface area contributed by atoms with Gasteiger partial charge in [-0.3, -0.25) is 0 Å². The third-order valence-corrected chi connectivity index (χ3v) is 3.12. The Kier molecular flexibility index (Phi) is 7.66. The number of carbonyl (C=O) groups excluding carboxylic acids is 2. The van der Waals surface area contributed by atoms with Crippen molar-refractivity contribution in [3.63, 3.8) is 0 Å². The molecule has 9 nitrogen and oxygen atoms in total. The molecule has 9 heteroatoms. The summed E-state index contributed by atoms with van der Waals surface area (Å²) in [6.07, 6.45) is -1.25. The van der Waals surface area contributed by atoms with Crippen molar-refractivity contribution in [2.24, 2.45) is 10.9 Å². The number of ether oxygens (including phenoxy) is 3. The number of nitrogens with zero attached hydrogens (tertiary/aromatic N) is 1. The van der Waals surface area contributed by atoms with Crippen LogP contribution in [0.1, 0.15) is 47.1 Å². The first-order chi connectivity index (χ1) is 12.8. The van der Waals surface area contributed by atoms with Crippen LogP contribution in [0, 0.1) is 0 Å². The van der Waals surface area contributed by atoms with Crippen LogP contribution in [0.5, 0.6) is 5.75 Å². The highest BCUT2D eigenvalue weighted by molar-refractivity contribution is 5.88. The van der Waals surface area contributed by atoms with E-state index in [4.69, 9.17) is 25.2 Å². The molecule has 156 valence electrons. The second-order valence-corrected chi connectivity index (χ2v) is 8.14. The topological polar surface area (TPSA) is 132 Å². The van der Waals surface area contributed by atoms with Gasteiger partial charge in [-0.05, 0) is 59.2 Å². The van der Waals surface area contributed by atoms with E-state index in [0.717, 1.165) is 5.56 Å². The number of amidine groups is 1. The van der Waals surface area contributed by atoms with Crippen LogP contribution in [0.15, 0.2) is 29.4 Å². The number of carbonyl (C=O) groups is 2. The van der Waals surface area contributed by atoms with E-state index < -0.39 is 29.5 Å². The maximum Gasteiger partial charge on any atom is 0.514 e. The van der Waals surface area contributed by atoms with Gasteiger partial charge in [0.25, 0.3) is 0 Å². The molecule has 1 rings (SSSR count). The van der Waals surface area contributed by atoms with Crippen LogP contribution >= 0.6 is 0 Å². The van der Waals surface area contributed by atoms with Crippen LogP contribution in [0.4, 0.5) is 9.59 Å². The van der Waals surface area contributed by atoms with Crippen molar-refractivity contribution in [2.45, 2.75) is 65.2 Å². The van der Waals surface area contributed by atoms with E-state index in [1.807, 2.05) is 0 Å². The molecule has 0 bridgehead atoms. The lowest BCUT2D eigenvalue weighted by atomic mass is 10.1. The van der Waals surface area contributed by atoms with Gasteiger partial charge in [0.15, 0.2) is 5.84 Å². The smallest absolute Gasteiger partial charge is 0.444 e. The molecule has 0 aromatic heterocycles. The summed E-state index contributed by atoms with van der Waals surface area (Å²) in [5, 5.41) is 14.5. The van der Waals surface area contributed by atoms with Gasteiger partial charge in [-0.2, -0.15) is 0 Å². The molecule has 0 spiro atoms.